The van der Waals surface area contributed by atoms with Crippen molar-refractivity contribution >= 4 is 21.6 Å². The quantitative estimate of drug-likeness (QED) is 0.480. The third-order valence-corrected chi connectivity index (χ3v) is 5.70. The van der Waals surface area contributed by atoms with Gasteiger partial charge in [-0.2, -0.15) is 5.26 Å². The van der Waals surface area contributed by atoms with E-state index in [1.807, 2.05) is 6.07 Å². The van der Waals surface area contributed by atoms with E-state index >= 15 is 0 Å². The van der Waals surface area contributed by atoms with E-state index in [9.17, 15) is 13.2 Å². The molecule has 1 amide bonds. The largest absolute Gasteiger partial charge is 0.363 e. The van der Waals surface area contributed by atoms with Gasteiger partial charge in [0.1, 0.15) is 17.5 Å². The van der Waals surface area contributed by atoms with Crippen LogP contribution >= 0.6 is 0 Å². The third kappa shape index (κ3) is 4.27. The van der Waals surface area contributed by atoms with Gasteiger partial charge in [0, 0.05) is 16.8 Å². The molecule has 0 spiro atoms. The van der Waals surface area contributed by atoms with Crippen molar-refractivity contribution in [1.82, 2.24) is 5.16 Å². The molecule has 0 aliphatic rings. The second-order valence-corrected chi connectivity index (χ2v) is 8.37. The number of nitrogens with one attached hydrogen (secondary N) is 1. The molecule has 0 aliphatic carbocycles. The van der Waals surface area contributed by atoms with Crippen LogP contribution in [0, 0.1) is 11.3 Å². The van der Waals surface area contributed by atoms with Gasteiger partial charge in [-0.1, -0.05) is 47.6 Å². The highest BCUT2D eigenvalue weighted by Crippen LogP contribution is 2.28. The first kappa shape index (κ1) is 21.0. The lowest BCUT2D eigenvalue weighted by atomic mass is 10.0. The van der Waals surface area contributed by atoms with Crippen LogP contribution in [0.15, 0.2) is 88.5 Å². The molecule has 0 unspecified atom stereocenters. The minimum Gasteiger partial charge on any atom is -0.363 e. The topological polar surface area (TPSA) is 139 Å². The van der Waals surface area contributed by atoms with Crippen LogP contribution in [-0.2, 0) is 10.0 Å². The number of sulfonamides is 1. The number of nitrogens with two attached hydrogens (primary N) is 1. The van der Waals surface area contributed by atoms with E-state index in [1.165, 1.54) is 12.3 Å². The minimum absolute atomic E-state index is 0.0190. The standard InChI is InChI=1S/C23H16N4O4S/c24-13-15-4-3-5-17(12-15)22-20(14-31-27-22)23(28)26-18-10-8-16(9-11-18)19-6-1-2-7-21(19)32(25,29)30/h1-12,14H,(H,26,28)(H2,25,29,30). The van der Waals surface area contributed by atoms with Gasteiger partial charge in [-0.3, -0.25) is 4.79 Å². The molecule has 8 nitrogen and oxygen atoms in total. The summed E-state index contributed by atoms with van der Waals surface area (Å²) in [7, 11) is -3.88. The highest BCUT2D eigenvalue weighted by molar-refractivity contribution is 7.89. The lowest BCUT2D eigenvalue weighted by Crippen LogP contribution is -2.13. The zero-order valence-corrected chi connectivity index (χ0v) is 17.3. The van der Waals surface area contributed by atoms with Gasteiger partial charge in [-0.05, 0) is 35.9 Å². The Morgan fingerprint density at radius 2 is 1.75 bits per heavy atom. The number of aromatic nitrogens is 1. The molecule has 1 aromatic heterocycles. The average molecular weight is 444 g/mol. The lowest BCUT2D eigenvalue weighted by Gasteiger charge is -2.09. The average Bonchev–Trinajstić information content (AvgIpc) is 3.29. The first-order valence-corrected chi connectivity index (χ1v) is 10.9. The van der Waals surface area contributed by atoms with Crippen LogP contribution in [0.25, 0.3) is 22.4 Å². The van der Waals surface area contributed by atoms with Gasteiger partial charge >= 0.3 is 0 Å². The summed E-state index contributed by atoms with van der Waals surface area (Å²) in [6.07, 6.45) is 1.24. The van der Waals surface area contributed by atoms with Crippen molar-refractivity contribution in [1.29, 1.82) is 5.26 Å². The maximum Gasteiger partial charge on any atom is 0.261 e. The van der Waals surface area contributed by atoms with E-state index in [1.54, 1.807) is 66.7 Å². The Hall–Kier alpha value is -4.26. The number of anilines is 1. The number of nitriles is 1. The van der Waals surface area contributed by atoms with Crippen LogP contribution in [0.1, 0.15) is 15.9 Å². The van der Waals surface area contributed by atoms with E-state index in [-0.39, 0.29) is 10.5 Å². The van der Waals surface area contributed by atoms with Gasteiger partial charge < -0.3 is 9.84 Å². The SMILES string of the molecule is N#Cc1cccc(-c2nocc2C(=O)Nc2ccc(-c3ccccc3S(N)(=O)=O)cc2)c1. The van der Waals surface area contributed by atoms with Gasteiger partial charge in [-0.25, -0.2) is 13.6 Å². The number of nitrogens with zero attached hydrogens (tertiary/aromatic N) is 2. The molecule has 0 saturated heterocycles. The van der Waals surface area contributed by atoms with Crippen LogP contribution in [-0.4, -0.2) is 19.5 Å². The summed E-state index contributed by atoms with van der Waals surface area (Å²) in [5, 5.41) is 21.1. The van der Waals surface area contributed by atoms with Crippen molar-refractivity contribution in [2.75, 3.05) is 5.32 Å². The summed E-state index contributed by atoms with van der Waals surface area (Å²) < 4.78 is 28.7. The molecule has 0 aliphatic heterocycles. The Bertz CT molecular complexity index is 1450. The summed E-state index contributed by atoms with van der Waals surface area (Å²) in [5.41, 5.74) is 3.13. The van der Waals surface area contributed by atoms with Crippen molar-refractivity contribution in [2.45, 2.75) is 4.90 Å². The van der Waals surface area contributed by atoms with Crippen molar-refractivity contribution in [3.8, 4) is 28.5 Å². The second kappa shape index (κ2) is 8.47. The predicted molar refractivity (Wildman–Crippen MR) is 118 cm³/mol. The highest BCUT2D eigenvalue weighted by atomic mass is 32.2. The zero-order valence-electron chi connectivity index (χ0n) is 16.5. The Morgan fingerprint density at radius 3 is 2.47 bits per heavy atom. The van der Waals surface area contributed by atoms with E-state index in [0.717, 1.165) is 0 Å². The van der Waals surface area contributed by atoms with Crippen LogP contribution in [0.3, 0.4) is 0 Å². The molecule has 0 radical (unpaired) electrons. The van der Waals surface area contributed by atoms with Gasteiger partial charge in [0.05, 0.1) is 16.5 Å². The van der Waals surface area contributed by atoms with Gasteiger partial charge in [0.15, 0.2) is 0 Å². The number of carbonyl (C=O) groups is 1. The van der Waals surface area contributed by atoms with Crippen molar-refractivity contribution in [3.63, 3.8) is 0 Å². The molecule has 0 bridgehead atoms. The summed E-state index contributed by atoms with van der Waals surface area (Å²) in [6, 6.07) is 21.8. The summed E-state index contributed by atoms with van der Waals surface area (Å²) in [6.45, 7) is 0. The second-order valence-electron chi connectivity index (χ2n) is 6.84. The number of amides is 1. The van der Waals surface area contributed by atoms with E-state index in [2.05, 4.69) is 10.5 Å². The molecule has 4 rings (SSSR count). The highest BCUT2D eigenvalue weighted by Gasteiger charge is 2.19. The molecule has 1 heterocycles. The number of hydrogen-bond donors (Lipinski definition) is 2. The molecule has 9 heteroatoms. The molecule has 0 atom stereocenters. The summed E-state index contributed by atoms with van der Waals surface area (Å²) >= 11 is 0. The molecular weight excluding hydrogens is 428 g/mol. The van der Waals surface area contributed by atoms with Crippen LogP contribution in [0.5, 0.6) is 0 Å². The number of primary sulfonamides is 1. The molecule has 3 N–H and O–H groups in total. The van der Waals surface area contributed by atoms with Crippen molar-refractivity contribution < 1.29 is 17.7 Å². The van der Waals surface area contributed by atoms with Gasteiger partial charge in [0.2, 0.25) is 10.0 Å². The molecule has 158 valence electrons. The smallest absolute Gasteiger partial charge is 0.261 e. The first-order chi connectivity index (χ1) is 15.4. The van der Waals surface area contributed by atoms with Crippen LogP contribution < -0.4 is 10.5 Å². The van der Waals surface area contributed by atoms with E-state index in [4.69, 9.17) is 14.9 Å². The minimum atomic E-state index is -3.88. The Morgan fingerprint density at radius 1 is 1.00 bits per heavy atom. The van der Waals surface area contributed by atoms with Gasteiger partial charge in [0.25, 0.3) is 5.91 Å². The maximum atomic E-state index is 12.8. The molecule has 4 aromatic rings. The monoisotopic (exact) mass is 444 g/mol. The third-order valence-electron chi connectivity index (χ3n) is 4.73. The fourth-order valence-corrected chi connectivity index (χ4v) is 3.99. The van der Waals surface area contributed by atoms with Crippen LogP contribution in [0.2, 0.25) is 0 Å². The van der Waals surface area contributed by atoms with Crippen molar-refractivity contribution in [2.24, 2.45) is 5.14 Å². The molecule has 32 heavy (non-hydrogen) atoms. The van der Waals surface area contributed by atoms with E-state index < -0.39 is 15.9 Å². The zero-order chi connectivity index (χ0) is 22.7. The van der Waals surface area contributed by atoms with E-state index in [0.29, 0.717) is 33.6 Å². The Balaban J connectivity index is 1.58. The Labute approximate surface area is 184 Å². The predicted octanol–water partition coefficient (Wildman–Crippen LogP) is 3.78. The first-order valence-electron chi connectivity index (χ1n) is 9.35. The number of rotatable bonds is 5. The fourth-order valence-electron chi connectivity index (χ4n) is 3.23. The fraction of sp³-hybridized carbons (Fsp3) is 0. The van der Waals surface area contributed by atoms with Gasteiger partial charge in [-0.15, -0.1) is 0 Å². The molecule has 0 saturated carbocycles. The molecule has 0 fully saturated rings. The normalized spacial score (nSPS) is 11.0. The molecule has 3 aromatic carbocycles. The summed E-state index contributed by atoms with van der Waals surface area (Å²) in [4.78, 5) is 12.8. The number of benzene rings is 3. The number of hydrogen-bond acceptors (Lipinski definition) is 6. The number of carbonyl (C=O) groups excluding carboxylic acids is 1. The molecular formula is C23H16N4O4S. The lowest BCUT2D eigenvalue weighted by molar-refractivity contribution is 0.102. The van der Waals surface area contributed by atoms with Crippen molar-refractivity contribution in [3.05, 3.63) is 90.2 Å². The summed E-state index contributed by atoms with van der Waals surface area (Å²) in [5.74, 6) is -0.443. The maximum absolute atomic E-state index is 12.8. The van der Waals surface area contributed by atoms with Crippen LogP contribution in [0.4, 0.5) is 5.69 Å². The Kier molecular flexibility index (Phi) is 5.55.